The number of hydrogen-bond acceptors (Lipinski definition) is 4. The molecule has 0 N–H and O–H groups in total. The lowest BCUT2D eigenvalue weighted by Crippen LogP contribution is -2.40. The van der Waals surface area contributed by atoms with Gasteiger partial charge >= 0.3 is 0 Å². The zero-order valence-corrected chi connectivity index (χ0v) is 13.9. The van der Waals surface area contributed by atoms with Crippen LogP contribution in [0.5, 0.6) is 0 Å². The molecule has 7 heteroatoms. The van der Waals surface area contributed by atoms with Gasteiger partial charge in [0, 0.05) is 25.4 Å². The molecule has 2 fully saturated rings. The van der Waals surface area contributed by atoms with E-state index in [0.29, 0.717) is 31.5 Å². The van der Waals surface area contributed by atoms with E-state index in [0.717, 1.165) is 17.7 Å². The van der Waals surface area contributed by atoms with E-state index in [1.54, 1.807) is 0 Å². The van der Waals surface area contributed by atoms with Crippen molar-refractivity contribution in [1.29, 1.82) is 0 Å². The summed E-state index contributed by atoms with van der Waals surface area (Å²) in [4.78, 5) is 25.2. The van der Waals surface area contributed by atoms with Crippen molar-refractivity contribution in [1.82, 2.24) is 4.31 Å². The molecule has 2 saturated heterocycles. The Hall–Kier alpha value is -1.73. The van der Waals surface area contributed by atoms with E-state index in [4.69, 9.17) is 0 Å². The number of nitrogens with zero attached hydrogens (tertiary/aromatic N) is 2. The zero-order valence-electron chi connectivity index (χ0n) is 13.1. The van der Waals surface area contributed by atoms with Gasteiger partial charge in [-0.1, -0.05) is 0 Å². The van der Waals surface area contributed by atoms with Gasteiger partial charge in [-0.05, 0) is 50.5 Å². The molecule has 0 radical (unpaired) electrons. The summed E-state index contributed by atoms with van der Waals surface area (Å²) in [7, 11) is -3.52. The fourth-order valence-corrected chi connectivity index (χ4v) is 4.91. The van der Waals surface area contributed by atoms with Crippen LogP contribution in [-0.4, -0.2) is 37.1 Å². The summed E-state index contributed by atoms with van der Waals surface area (Å²) in [5, 5.41) is 0. The first-order valence-corrected chi connectivity index (χ1v) is 9.33. The molecule has 1 aromatic rings. The van der Waals surface area contributed by atoms with Crippen LogP contribution in [0.15, 0.2) is 29.2 Å². The van der Waals surface area contributed by atoms with Gasteiger partial charge in [0.25, 0.3) is 0 Å². The van der Waals surface area contributed by atoms with E-state index in [9.17, 15) is 18.0 Å². The molecule has 6 nitrogen and oxygen atoms in total. The molecule has 2 heterocycles. The summed E-state index contributed by atoms with van der Waals surface area (Å²) in [6, 6.07) is 6.03. The highest BCUT2D eigenvalue weighted by molar-refractivity contribution is 7.89. The summed E-state index contributed by atoms with van der Waals surface area (Å²) in [5.74, 6) is -0.463. The highest BCUT2D eigenvalue weighted by Crippen LogP contribution is 2.28. The zero-order chi connectivity index (χ0) is 16.6. The van der Waals surface area contributed by atoms with Crippen LogP contribution in [0.25, 0.3) is 0 Å². The average molecular weight is 336 g/mol. The van der Waals surface area contributed by atoms with Crippen LogP contribution in [0.3, 0.4) is 0 Å². The van der Waals surface area contributed by atoms with Crippen molar-refractivity contribution in [2.75, 3.05) is 11.4 Å². The second-order valence-corrected chi connectivity index (χ2v) is 7.97. The standard InChI is InChI=1S/C16H20N2O4S/c1-12-4-3-11-17(12)23(21,22)14-9-7-13(8-10-14)18-15(19)5-2-6-16(18)20/h7-10,12H,2-6,11H2,1H3. The smallest absolute Gasteiger partial charge is 0.243 e. The predicted molar refractivity (Wildman–Crippen MR) is 85.4 cm³/mol. The summed E-state index contributed by atoms with van der Waals surface area (Å²) >= 11 is 0. The van der Waals surface area contributed by atoms with Gasteiger partial charge in [-0.2, -0.15) is 4.31 Å². The molecule has 1 unspecified atom stereocenters. The molecule has 2 amide bonds. The Balaban J connectivity index is 1.87. The van der Waals surface area contributed by atoms with Gasteiger partial charge in [-0.25, -0.2) is 8.42 Å². The Labute approximate surface area is 136 Å². The molecule has 124 valence electrons. The van der Waals surface area contributed by atoms with Gasteiger partial charge in [-0.3, -0.25) is 14.5 Å². The van der Waals surface area contributed by atoms with Gasteiger partial charge in [-0.15, -0.1) is 0 Å². The van der Waals surface area contributed by atoms with E-state index >= 15 is 0 Å². The largest absolute Gasteiger partial charge is 0.274 e. The van der Waals surface area contributed by atoms with Crippen LogP contribution in [0.2, 0.25) is 0 Å². The lowest BCUT2D eigenvalue weighted by molar-refractivity contribution is -0.129. The minimum atomic E-state index is -3.52. The van der Waals surface area contributed by atoms with Gasteiger partial charge in [0.05, 0.1) is 10.6 Å². The van der Waals surface area contributed by atoms with Crippen molar-refractivity contribution in [3.05, 3.63) is 24.3 Å². The highest BCUT2D eigenvalue weighted by atomic mass is 32.2. The molecule has 0 bridgehead atoms. The fraction of sp³-hybridized carbons (Fsp3) is 0.500. The summed E-state index contributed by atoms with van der Waals surface area (Å²) in [5.41, 5.74) is 0.438. The van der Waals surface area contributed by atoms with E-state index in [2.05, 4.69) is 0 Å². The Morgan fingerprint density at radius 2 is 1.61 bits per heavy atom. The number of imide groups is 1. The number of rotatable bonds is 3. The van der Waals surface area contributed by atoms with Crippen molar-refractivity contribution in [2.45, 2.75) is 50.0 Å². The highest BCUT2D eigenvalue weighted by Gasteiger charge is 2.33. The lowest BCUT2D eigenvalue weighted by atomic mass is 10.1. The molecular formula is C16H20N2O4S. The van der Waals surface area contributed by atoms with Gasteiger partial charge in [0.2, 0.25) is 21.8 Å². The molecule has 2 aliphatic heterocycles. The van der Waals surface area contributed by atoms with Crippen LogP contribution >= 0.6 is 0 Å². The molecule has 2 aliphatic rings. The van der Waals surface area contributed by atoms with Gasteiger partial charge in [0.1, 0.15) is 0 Å². The Morgan fingerprint density at radius 3 is 2.13 bits per heavy atom. The summed E-state index contributed by atoms with van der Waals surface area (Å²) < 4.78 is 26.8. The van der Waals surface area contributed by atoms with Crippen molar-refractivity contribution < 1.29 is 18.0 Å². The molecule has 0 spiro atoms. The number of anilines is 1. The SMILES string of the molecule is CC1CCCN1S(=O)(=O)c1ccc(N2C(=O)CCCC2=O)cc1. The lowest BCUT2D eigenvalue weighted by Gasteiger charge is -2.25. The molecular weight excluding hydrogens is 316 g/mol. The third kappa shape index (κ3) is 2.90. The molecule has 1 aromatic carbocycles. The van der Waals surface area contributed by atoms with E-state index < -0.39 is 10.0 Å². The van der Waals surface area contributed by atoms with Crippen molar-refractivity contribution in [3.8, 4) is 0 Å². The van der Waals surface area contributed by atoms with Crippen molar-refractivity contribution in [2.24, 2.45) is 0 Å². The maximum Gasteiger partial charge on any atom is 0.243 e. The molecule has 0 aliphatic carbocycles. The Kier molecular flexibility index (Phi) is 4.25. The fourth-order valence-electron chi connectivity index (χ4n) is 3.21. The van der Waals surface area contributed by atoms with Crippen molar-refractivity contribution in [3.63, 3.8) is 0 Å². The number of benzene rings is 1. The van der Waals surface area contributed by atoms with Gasteiger partial charge < -0.3 is 0 Å². The van der Waals surface area contributed by atoms with E-state index in [-0.39, 0.29) is 22.8 Å². The number of carbonyl (C=O) groups excluding carboxylic acids is 2. The Morgan fingerprint density at radius 1 is 1.00 bits per heavy atom. The predicted octanol–water partition coefficient (Wildman–Crippen LogP) is 1.90. The van der Waals surface area contributed by atoms with Crippen molar-refractivity contribution >= 4 is 27.5 Å². The number of amides is 2. The van der Waals surface area contributed by atoms with Crippen LogP contribution in [0.1, 0.15) is 39.0 Å². The molecule has 23 heavy (non-hydrogen) atoms. The summed E-state index contributed by atoms with van der Waals surface area (Å²) in [6.45, 7) is 2.44. The second kappa shape index (κ2) is 6.05. The third-order valence-electron chi connectivity index (χ3n) is 4.47. The monoisotopic (exact) mass is 336 g/mol. The van der Waals surface area contributed by atoms with E-state index in [1.165, 1.54) is 28.6 Å². The van der Waals surface area contributed by atoms with Crippen LogP contribution < -0.4 is 4.90 Å². The topological polar surface area (TPSA) is 74.8 Å². The number of piperidine rings is 1. The maximum atomic E-state index is 12.6. The van der Waals surface area contributed by atoms with Crippen LogP contribution in [0, 0.1) is 0 Å². The molecule has 1 atom stereocenters. The first-order valence-electron chi connectivity index (χ1n) is 7.89. The average Bonchev–Trinajstić information content (AvgIpc) is 2.94. The number of sulfonamides is 1. The first kappa shape index (κ1) is 16.1. The minimum absolute atomic E-state index is 0.00456. The quantitative estimate of drug-likeness (QED) is 0.790. The van der Waals surface area contributed by atoms with Gasteiger partial charge in [0.15, 0.2) is 0 Å². The van der Waals surface area contributed by atoms with E-state index in [1.807, 2.05) is 6.92 Å². The minimum Gasteiger partial charge on any atom is -0.274 e. The second-order valence-electron chi connectivity index (χ2n) is 6.08. The number of hydrogen-bond donors (Lipinski definition) is 0. The van der Waals surface area contributed by atoms with Crippen LogP contribution in [0.4, 0.5) is 5.69 Å². The van der Waals surface area contributed by atoms with Crippen LogP contribution in [-0.2, 0) is 19.6 Å². The third-order valence-corrected chi connectivity index (χ3v) is 6.50. The molecule has 3 rings (SSSR count). The maximum absolute atomic E-state index is 12.6. The first-order chi connectivity index (χ1) is 10.9. The summed E-state index contributed by atoms with van der Waals surface area (Å²) in [6.07, 6.45) is 3.00. The Bertz CT molecular complexity index is 711. The molecule has 0 aromatic heterocycles. The normalized spacial score (nSPS) is 23.5. The number of carbonyl (C=O) groups is 2. The molecule has 0 saturated carbocycles.